The van der Waals surface area contributed by atoms with Crippen molar-refractivity contribution >= 4 is 24.9 Å². The minimum Gasteiger partial charge on any atom is -0.373 e. The molecule has 1 heterocycles. The van der Waals surface area contributed by atoms with Crippen LogP contribution in [0, 0.1) is 0 Å². The summed E-state index contributed by atoms with van der Waals surface area (Å²) < 4.78 is 17.4. The predicted molar refractivity (Wildman–Crippen MR) is 92.4 cm³/mol. The molecular weight excluding hydrogens is 306 g/mol. The number of hydrogen-bond donors (Lipinski definition) is 0. The summed E-state index contributed by atoms with van der Waals surface area (Å²) in [7, 11) is 0.355. The third-order valence-electron chi connectivity index (χ3n) is 3.74. The van der Waals surface area contributed by atoms with Crippen molar-refractivity contribution in [3.63, 3.8) is 0 Å². The van der Waals surface area contributed by atoms with E-state index in [4.69, 9.17) is 13.3 Å². The molecule has 3 rings (SSSR count). The maximum Gasteiger partial charge on any atom is 0.536 e. The quantitative estimate of drug-likeness (QED) is 0.654. The fraction of sp³-hybridized carbons (Fsp3) is 0.167. The first-order valence-corrected chi connectivity index (χ1v) is 9.13. The molecule has 118 valence electrons. The van der Waals surface area contributed by atoms with Crippen LogP contribution < -0.4 is 5.19 Å². The average Bonchev–Trinajstić information content (AvgIpc) is 2.64. The molecule has 0 fully saturated rings. The van der Waals surface area contributed by atoms with Gasteiger partial charge in [-0.2, -0.15) is 0 Å². The van der Waals surface area contributed by atoms with Gasteiger partial charge in [0.2, 0.25) is 0 Å². The Balaban J connectivity index is 1.83. The van der Waals surface area contributed by atoms with Crippen molar-refractivity contribution in [1.82, 2.24) is 4.98 Å². The molecule has 2 aromatic carbocycles. The van der Waals surface area contributed by atoms with E-state index in [1.54, 1.807) is 14.2 Å². The molecule has 0 N–H and O–H groups in total. The molecule has 0 aliphatic heterocycles. The lowest BCUT2D eigenvalue weighted by Gasteiger charge is -2.26. The summed E-state index contributed by atoms with van der Waals surface area (Å²) >= 11 is 0. The minimum atomic E-state index is -2.90. The zero-order chi connectivity index (χ0) is 16.1. The van der Waals surface area contributed by atoms with Crippen molar-refractivity contribution in [3.05, 3.63) is 72.4 Å². The third kappa shape index (κ3) is 3.33. The minimum absolute atomic E-state index is 0.390. The molecule has 23 heavy (non-hydrogen) atoms. The second-order valence-corrected chi connectivity index (χ2v) is 7.95. The van der Waals surface area contributed by atoms with Crippen LogP contribution in [0.2, 0.25) is 0 Å². The number of pyridine rings is 1. The van der Waals surface area contributed by atoms with Crippen LogP contribution in [0.5, 0.6) is 0 Å². The van der Waals surface area contributed by atoms with Gasteiger partial charge in [-0.25, -0.2) is 0 Å². The van der Waals surface area contributed by atoms with Gasteiger partial charge in [-0.15, -0.1) is 0 Å². The summed E-state index contributed by atoms with van der Waals surface area (Å²) in [5.74, 6) is 0. The third-order valence-corrected chi connectivity index (χ3v) is 6.38. The lowest BCUT2D eigenvalue weighted by molar-refractivity contribution is 0.107. The van der Waals surface area contributed by atoms with Gasteiger partial charge in [0, 0.05) is 31.0 Å². The van der Waals surface area contributed by atoms with Gasteiger partial charge in [-0.3, -0.25) is 4.98 Å². The fourth-order valence-corrected chi connectivity index (χ4v) is 4.53. The largest absolute Gasteiger partial charge is 0.536 e. The van der Waals surface area contributed by atoms with Crippen LogP contribution in [-0.2, 0) is 19.9 Å². The number of nitrogens with zero attached hydrogens (tertiary/aromatic N) is 1. The summed E-state index contributed by atoms with van der Waals surface area (Å²) in [5.41, 5.74) is 1.96. The zero-order valence-corrected chi connectivity index (χ0v) is 14.2. The Labute approximate surface area is 137 Å². The molecule has 0 amide bonds. The van der Waals surface area contributed by atoms with Crippen LogP contribution in [-0.4, -0.2) is 28.0 Å². The molecular formula is C18H19NO3Si. The SMILES string of the molecule is CO[Si](OC)(OCc1cnc2ccccc2c1)c1ccccc1. The second kappa shape index (κ2) is 7.02. The van der Waals surface area contributed by atoms with Gasteiger partial charge < -0.3 is 13.3 Å². The Morgan fingerprint density at radius 2 is 1.61 bits per heavy atom. The molecule has 0 aliphatic rings. The Bertz CT molecular complexity index is 775. The predicted octanol–water partition coefficient (Wildman–Crippen LogP) is 2.89. The summed E-state index contributed by atoms with van der Waals surface area (Å²) in [6, 6.07) is 19.9. The molecule has 0 unspecified atom stereocenters. The number of rotatable bonds is 6. The Morgan fingerprint density at radius 3 is 2.35 bits per heavy atom. The first-order valence-electron chi connectivity index (χ1n) is 7.41. The fourth-order valence-electron chi connectivity index (χ4n) is 2.54. The highest BCUT2D eigenvalue weighted by Crippen LogP contribution is 2.16. The molecule has 0 saturated heterocycles. The highest BCUT2D eigenvalue weighted by molar-refractivity contribution is 6.75. The summed E-state index contributed by atoms with van der Waals surface area (Å²) in [4.78, 5) is 4.46. The lowest BCUT2D eigenvalue weighted by atomic mass is 10.2. The first-order chi connectivity index (χ1) is 11.3. The molecule has 1 aromatic heterocycles. The molecule has 0 aliphatic carbocycles. The first kappa shape index (κ1) is 15.8. The smallest absolute Gasteiger partial charge is 0.373 e. The number of aromatic nitrogens is 1. The molecule has 0 radical (unpaired) electrons. The molecule has 0 bridgehead atoms. The van der Waals surface area contributed by atoms with Crippen LogP contribution in [0.3, 0.4) is 0 Å². The van der Waals surface area contributed by atoms with E-state index >= 15 is 0 Å². The Hall–Kier alpha value is -2.05. The molecule has 4 nitrogen and oxygen atoms in total. The molecule has 0 spiro atoms. The van der Waals surface area contributed by atoms with E-state index in [0.29, 0.717) is 6.61 Å². The Kier molecular flexibility index (Phi) is 4.83. The van der Waals surface area contributed by atoms with E-state index < -0.39 is 8.80 Å². The normalized spacial score (nSPS) is 11.7. The van der Waals surface area contributed by atoms with Gasteiger partial charge in [0.1, 0.15) is 0 Å². The van der Waals surface area contributed by atoms with E-state index in [0.717, 1.165) is 21.7 Å². The van der Waals surface area contributed by atoms with Crippen LogP contribution in [0.1, 0.15) is 5.56 Å². The van der Waals surface area contributed by atoms with Crippen molar-refractivity contribution < 1.29 is 13.3 Å². The topological polar surface area (TPSA) is 40.6 Å². The number of hydrogen-bond acceptors (Lipinski definition) is 4. The van der Waals surface area contributed by atoms with Gasteiger partial charge in [-0.05, 0) is 17.7 Å². The van der Waals surface area contributed by atoms with E-state index in [1.165, 1.54) is 0 Å². The van der Waals surface area contributed by atoms with Gasteiger partial charge in [-0.1, -0.05) is 48.5 Å². The lowest BCUT2D eigenvalue weighted by Crippen LogP contribution is -2.55. The molecule has 0 atom stereocenters. The summed E-state index contributed by atoms with van der Waals surface area (Å²) in [5, 5.41) is 2.04. The molecule has 0 saturated carbocycles. The molecule has 3 aromatic rings. The summed E-state index contributed by atoms with van der Waals surface area (Å²) in [6.45, 7) is 0.390. The second-order valence-electron chi connectivity index (χ2n) is 5.16. The van der Waals surface area contributed by atoms with Crippen molar-refractivity contribution in [2.24, 2.45) is 0 Å². The molecule has 5 heteroatoms. The Morgan fingerprint density at radius 1 is 0.913 bits per heavy atom. The van der Waals surface area contributed by atoms with Crippen molar-refractivity contribution in [1.29, 1.82) is 0 Å². The van der Waals surface area contributed by atoms with E-state index in [1.807, 2.05) is 60.8 Å². The van der Waals surface area contributed by atoms with Gasteiger partial charge in [0.05, 0.1) is 12.1 Å². The van der Waals surface area contributed by atoms with Crippen molar-refractivity contribution in [2.75, 3.05) is 14.2 Å². The van der Waals surface area contributed by atoms with E-state index in [2.05, 4.69) is 11.1 Å². The maximum atomic E-state index is 6.10. The monoisotopic (exact) mass is 325 g/mol. The van der Waals surface area contributed by atoms with Gasteiger partial charge >= 0.3 is 8.80 Å². The zero-order valence-electron chi connectivity index (χ0n) is 13.2. The van der Waals surface area contributed by atoms with Crippen LogP contribution in [0.15, 0.2) is 66.9 Å². The van der Waals surface area contributed by atoms with Crippen molar-refractivity contribution in [2.45, 2.75) is 6.61 Å². The maximum absolute atomic E-state index is 6.10. The number of fused-ring (bicyclic) bond motifs is 1. The highest BCUT2D eigenvalue weighted by Gasteiger charge is 2.41. The average molecular weight is 325 g/mol. The van der Waals surface area contributed by atoms with E-state index in [-0.39, 0.29) is 0 Å². The number of benzene rings is 2. The van der Waals surface area contributed by atoms with Crippen LogP contribution in [0.25, 0.3) is 10.9 Å². The van der Waals surface area contributed by atoms with Crippen LogP contribution in [0.4, 0.5) is 0 Å². The van der Waals surface area contributed by atoms with Gasteiger partial charge in [0.15, 0.2) is 0 Å². The summed E-state index contributed by atoms with van der Waals surface area (Å²) in [6.07, 6.45) is 1.83. The van der Waals surface area contributed by atoms with E-state index in [9.17, 15) is 0 Å². The standard InChI is InChI=1S/C18H19NO3Si/c1-20-23(21-2,17-9-4-3-5-10-17)22-14-15-12-16-8-6-7-11-18(16)19-13-15/h3-13H,14H2,1-2H3. The highest BCUT2D eigenvalue weighted by atomic mass is 28.4. The van der Waals surface area contributed by atoms with Gasteiger partial charge in [0.25, 0.3) is 0 Å². The van der Waals surface area contributed by atoms with Crippen molar-refractivity contribution in [3.8, 4) is 0 Å². The number of para-hydroxylation sites is 1. The van der Waals surface area contributed by atoms with Crippen LogP contribution >= 0.6 is 0 Å².